The summed E-state index contributed by atoms with van der Waals surface area (Å²) in [5.74, 6) is -0.335. The Morgan fingerprint density at radius 1 is 1.42 bits per heavy atom. The molecule has 0 amide bonds. The van der Waals surface area contributed by atoms with Gasteiger partial charge in [0.05, 0.1) is 18.0 Å². The van der Waals surface area contributed by atoms with Crippen molar-refractivity contribution in [3.63, 3.8) is 0 Å². The topological polar surface area (TPSA) is 61.2 Å². The van der Waals surface area contributed by atoms with E-state index >= 15 is 0 Å². The number of hydrogen-bond acceptors (Lipinski definition) is 5. The van der Waals surface area contributed by atoms with Crippen molar-refractivity contribution in [2.24, 2.45) is 0 Å². The molecule has 1 aromatic heterocycles. The molecule has 0 N–H and O–H groups in total. The van der Waals surface area contributed by atoms with E-state index in [-0.39, 0.29) is 17.6 Å². The molecule has 0 bridgehead atoms. The molecule has 7 heteroatoms. The molecule has 2 aromatic rings. The maximum absolute atomic E-state index is 13.0. The van der Waals surface area contributed by atoms with Gasteiger partial charge in [0, 0.05) is 11.1 Å². The summed E-state index contributed by atoms with van der Waals surface area (Å²) in [6.45, 7) is 1.75. The van der Waals surface area contributed by atoms with E-state index in [1.54, 1.807) is 29.7 Å². The highest BCUT2D eigenvalue weighted by Crippen LogP contribution is 2.33. The van der Waals surface area contributed by atoms with Crippen LogP contribution in [-0.2, 0) is 9.53 Å². The Bertz CT molecular complexity index is 830. The van der Waals surface area contributed by atoms with Gasteiger partial charge in [0.2, 0.25) is 0 Å². The van der Waals surface area contributed by atoms with E-state index in [0.29, 0.717) is 21.1 Å². The number of aromatic nitrogens is 2. The van der Waals surface area contributed by atoms with Crippen molar-refractivity contribution in [2.45, 2.75) is 49.1 Å². The Labute approximate surface area is 149 Å². The molecule has 0 aliphatic heterocycles. The second kappa shape index (κ2) is 7.15. The molecule has 0 radical (unpaired) electrons. The van der Waals surface area contributed by atoms with E-state index in [0.717, 1.165) is 25.7 Å². The summed E-state index contributed by atoms with van der Waals surface area (Å²) in [7, 11) is 1.36. The number of rotatable bonds is 4. The third-order valence-corrected chi connectivity index (χ3v) is 5.62. The summed E-state index contributed by atoms with van der Waals surface area (Å²) in [6, 6.07) is 5.24. The molecule has 0 saturated heterocycles. The first-order valence-corrected chi connectivity index (χ1v) is 9.23. The monoisotopic (exact) mass is 366 g/mol. The van der Waals surface area contributed by atoms with Crippen LogP contribution < -0.4 is 5.56 Å². The van der Waals surface area contributed by atoms with Crippen molar-refractivity contribution in [2.75, 3.05) is 7.11 Å². The Morgan fingerprint density at radius 2 is 2.12 bits per heavy atom. The average Bonchev–Trinajstić information content (AvgIpc) is 3.07. The van der Waals surface area contributed by atoms with Crippen LogP contribution in [0.25, 0.3) is 10.9 Å². The minimum Gasteiger partial charge on any atom is -0.468 e. The van der Waals surface area contributed by atoms with Crippen LogP contribution in [0.4, 0.5) is 0 Å². The molecule has 24 heavy (non-hydrogen) atoms. The van der Waals surface area contributed by atoms with Crippen molar-refractivity contribution < 1.29 is 9.53 Å². The highest BCUT2D eigenvalue weighted by molar-refractivity contribution is 8.00. The summed E-state index contributed by atoms with van der Waals surface area (Å²) in [4.78, 5) is 29.4. The van der Waals surface area contributed by atoms with Gasteiger partial charge in [-0.05, 0) is 38.0 Å². The maximum Gasteiger partial charge on any atom is 0.318 e. The lowest BCUT2D eigenvalue weighted by molar-refractivity contribution is -0.139. The number of thioether (sulfide) groups is 1. The summed E-state index contributed by atoms with van der Waals surface area (Å²) in [6.07, 6.45) is 4.13. The van der Waals surface area contributed by atoms with Gasteiger partial charge in [-0.3, -0.25) is 14.2 Å². The van der Waals surface area contributed by atoms with E-state index in [1.807, 2.05) is 0 Å². The first kappa shape index (κ1) is 17.3. The molecule has 1 atom stereocenters. The molecule has 0 spiro atoms. The Balaban J connectivity index is 2.14. The second-order valence-corrected chi connectivity index (χ2v) is 7.70. The molecular formula is C17H19ClN2O3S. The summed E-state index contributed by atoms with van der Waals surface area (Å²) < 4.78 is 6.55. The highest BCUT2D eigenvalue weighted by atomic mass is 35.5. The lowest BCUT2D eigenvalue weighted by atomic mass is 10.2. The van der Waals surface area contributed by atoms with Crippen LogP contribution in [0.15, 0.2) is 28.2 Å². The largest absolute Gasteiger partial charge is 0.468 e. The van der Waals surface area contributed by atoms with E-state index in [1.165, 1.54) is 18.9 Å². The SMILES string of the molecule is COC(=O)[C@@H](C)Sc1nc2cc(Cl)ccc2c(=O)n1C1CCCC1. The number of halogens is 1. The van der Waals surface area contributed by atoms with Crippen molar-refractivity contribution in [3.05, 3.63) is 33.6 Å². The van der Waals surface area contributed by atoms with Crippen molar-refractivity contribution >= 4 is 40.2 Å². The van der Waals surface area contributed by atoms with Gasteiger partial charge in [0.1, 0.15) is 5.25 Å². The van der Waals surface area contributed by atoms with Gasteiger partial charge in [-0.25, -0.2) is 4.98 Å². The summed E-state index contributed by atoms with van der Waals surface area (Å²) >= 11 is 7.30. The number of fused-ring (bicyclic) bond motifs is 1. The fraction of sp³-hybridized carbons (Fsp3) is 0.471. The van der Waals surface area contributed by atoms with Gasteiger partial charge < -0.3 is 4.74 Å². The van der Waals surface area contributed by atoms with Gasteiger partial charge in [-0.1, -0.05) is 36.2 Å². The number of hydrogen-bond donors (Lipinski definition) is 0. The number of methoxy groups -OCH3 is 1. The van der Waals surface area contributed by atoms with E-state index in [9.17, 15) is 9.59 Å². The summed E-state index contributed by atoms with van der Waals surface area (Å²) in [5, 5.41) is 1.21. The Hall–Kier alpha value is -1.53. The third kappa shape index (κ3) is 3.30. The van der Waals surface area contributed by atoms with Crippen molar-refractivity contribution in [3.8, 4) is 0 Å². The van der Waals surface area contributed by atoms with Gasteiger partial charge in [-0.2, -0.15) is 0 Å². The molecule has 1 saturated carbocycles. The molecule has 1 heterocycles. The number of esters is 1. The van der Waals surface area contributed by atoms with Crippen molar-refractivity contribution in [1.29, 1.82) is 0 Å². The molecule has 128 valence electrons. The quantitative estimate of drug-likeness (QED) is 0.467. The van der Waals surface area contributed by atoms with E-state index < -0.39 is 5.25 Å². The van der Waals surface area contributed by atoms with Gasteiger partial charge in [0.15, 0.2) is 5.16 Å². The zero-order valence-corrected chi connectivity index (χ0v) is 15.2. The van der Waals surface area contributed by atoms with E-state index in [2.05, 4.69) is 4.98 Å². The molecule has 0 unspecified atom stereocenters. The number of carbonyl (C=O) groups excluding carboxylic acids is 1. The van der Waals surface area contributed by atoms with Crippen LogP contribution >= 0.6 is 23.4 Å². The predicted molar refractivity (Wildman–Crippen MR) is 95.9 cm³/mol. The van der Waals surface area contributed by atoms with Crippen LogP contribution in [0, 0.1) is 0 Å². The number of nitrogens with zero attached hydrogens (tertiary/aromatic N) is 2. The first-order valence-electron chi connectivity index (χ1n) is 7.97. The average molecular weight is 367 g/mol. The molecule has 1 aromatic carbocycles. The molecule has 1 aliphatic carbocycles. The molecular weight excluding hydrogens is 348 g/mol. The lowest BCUT2D eigenvalue weighted by Gasteiger charge is -2.20. The number of ether oxygens (including phenoxy) is 1. The third-order valence-electron chi connectivity index (χ3n) is 4.34. The maximum atomic E-state index is 13.0. The summed E-state index contributed by atoms with van der Waals surface area (Å²) in [5.41, 5.74) is 0.490. The van der Waals surface area contributed by atoms with E-state index in [4.69, 9.17) is 16.3 Å². The van der Waals surface area contributed by atoms with Crippen LogP contribution in [0.3, 0.4) is 0 Å². The second-order valence-electron chi connectivity index (χ2n) is 5.95. The normalized spacial score (nSPS) is 16.5. The zero-order valence-electron chi connectivity index (χ0n) is 13.6. The van der Waals surface area contributed by atoms with Gasteiger partial charge >= 0.3 is 5.97 Å². The fourth-order valence-electron chi connectivity index (χ4n) is 3.09. The molecule has 3 rings (SSSR count). The minimum atomic E-state index is -0.439. The first-order chi connectivity index (χ1) is 11.5. The number of benzene rings is 1. The zero-order chi connectivity index (χ0) is 17.3. The Kier molecular flexibility index (Phi) is 5.15. The molecule has 1 aliphatic rings. The fourth-order valence-corrected chi connectivity index (χ4v) is 4.26. The molecule has 1 fully saturated rings. The lowest BCUT2D eigenvalue weighted by Crippen LogP contribution is -2.27. The minimum absolute atomic E-state index is 0.0665. The Morgan fingerprint density at radius 3 is 2.79 bits per heavy atom. The number of carbonyl (C=O) groups is 1. The van der Waals surface area contributed by atoms with Crippen LogP contribution in [-0.4, -0.2) is 27.9 Å². The predicted octanol–water partition coefficient (Wildman–Crippen LogP) is 3.82. The highest BCUT2D eigenvalue weighted by Gasteiger charge is 2.25. The van der Waals surface area contributed by atoms with Gasteiger partial charge in [-0.15, -0.1) is 0 Å². The van der Waals surface area contributed by atoms with Crippen LogP contribution in [0.1, 0.15) is 38.6 Å². The van der Waals surface area contributed by atoms with Crippen LogP contribution in [0.2, 0.25) is 5.02 Å². The van der Waals surface area contributed by atoms with Crippen LogP contribution in [0.5, 0.6) is 0 Å². The van der Waals surface area contributed by atoms with Crippen molar-refractivity contribution in [1.82, 2.24) is 9.55 Å². The molecule has 5 nitrogen and oxygen atoms in total. The van der Waals surface area contributed by atoms with Gasteiger partial charge in [0.25, 0.3) is 5.56 Å². The standard InChI is InChI=1S/C17H19ClN2O3S/c1-10(16(22)23-2)24-17-19-14-9-11(18)7-8-13(14)15(21)20(17)12-5-3-4-6-12/h7-10,12H,3-6H2,1-2H3/t10-/m1/s1. The smallest absolute Gasteiger partial charge is 0.318 e.